The zero-order chi connectivity index (χ0) is 15.4. The Morgan fingerprint density at radius 1 is 1.36 bits per heavy atom. The van der Waals surface area contributed by atoms with Crippen LogP contribution in [0.2, 0.25) is 0 Å². The van der Waals surface area contributed by atoms with E-state index >= 15 is 0 Å². The Morgan fingerprint density at radius 3 is 2.91 bits per heavy atom. The predicted molar refractivity (Wildman–Crippen MR) is 81.4 cm³/mol. The molecule has 1 saturated heterocycles. The first kappa shape index (κ1) is 15.6. The fraction of sp³-hybridized carbons (Fsp3) is 0.750. The van der Waals surface area contributed by atoms with E-state index in [2.05, 4.69) is 28.0 Å². The topological polar surface area (TPSA) is 60.6 Å². The standard InChI is InChI=1S/C16H25N3O3/c1-13-3-10-21-16(11-13)5-7-19(8-6-16)12-15-17-14(18-22-15)4-9-20-2/h11H,3-10,12H2,1-2H3. The van der Waals surface area contributed by atoms with Crippen LogP contribution in [-0.4, -0.2) is 54.1 Å². The summed E-state index contributed by atoms with van der Waals surface area (Å²) in [5.74, 6) is 1.41. The summed E-state index contributed by atoms with van der Waals surface area (Å²) in [5, 5.41) is 3.99. The largest absolute Gasteiger partial charge is 0.384 e. The van der Waals surface area contributed by atoms with Gasteiger partial charge in [0, 0.05) is 26.6 Å². The van der Waals surface area contributed by atoms with E-state index in [4.69, 9.17) is 14.0 Å². The van der Waals surface area contributed by atoms with Gasteiger partial charge >= 0.3 is 0 Å². The second-order valence-corrected chi connectivity index (χ2v) is 6.28. The van der Waals surface area contributed by atoms with Crippen molar-refractivity contribution in [1.29, 1.82) is 0 Å². The summed E-state index contributed by atoms with van der Waals surface area (Å²) in [6.07, 6.45) is 6.17. The molecule has 22 heavy (non-hydrogen) atoms. The van der Waals surface area contributed by atoms with E-state index in [9.17, 15) is 0 Å². The van der Waals surface area contributed by atoms with E-state index in [1.165, 1.54) is 5.57 Å². The highest BCUT2D eigenvalue weighted by molar-refractivity contribution is 5.14. The number of methoxy groups -OCH3 is 1. The lowest BCUT2D eigenvalue weighted by molar-refractivity contribution is -0.0587. The summed E-state index contributed by atoms with van der Waals surface area (Å²) < 4.78 is 16.4. The van der Waals surface area contributed by atoms with Crippen molar-refractivity contribution in [3.8, 4) is 0 Å². The van der Waals surface area contributed by atoms with E-state index in [1.54, 1.807) is 7.11 Å². The van der Waals surface area contributed by atoms with E-state index in [1.807, 2.05) is 0 Å². The van der Waals surface area contributed by atoms with Crippen LogP contribution in [0.15, 0.2) is 16.2 Å². The first-order valence-electron chi connectivity index (χ1n) is 8.04. The number of hydrogen-bond acceptors (Lipinski definition) is 6. The quantitative estimate of drug-likeness (QED) is 0.775. The maximum Gasteiger partial charge on any atom is 0.240 e. The van der Waals surface area contributed by atoms with Crippen molar-refractivity contribution in [2.24, 2.45) is 0 Å². The molecule has 0 bridgehead atoms. The van der Waals surface area contributed by atoms with Crippen molar-refractivity contribution in [2.45, 2.75) is 44.8 Å². The molecule has 6 heteroatoms. The number of nitrogens with zero attached hydrogens (tertiary/aromatic N) is 3. The van der Waals surface area contributed by atoms with Crippen LogP contribution < -0.4 is 0 Å². The zero-order valence-corrected chi connectivity index (χ0v) is 13.5. The Bertz CT molecular complexity index is 518. The molecule has 3 heterocycles. The van der Waals surface area contributed by atoms with Crippen molar-refractivity contribution in [3.63, 3.8) is 0 Å². The van der Waals surface area contributed by atoms with Gasteiger partial charge in [0.25, 0.3) is 0 Å². The van der Waals surface area contributed by atoms with E-state index in [-0.39, 0.29) is 5.60 Å². The van der Waals surface area contributed by atoms with Crippen LogP contribution in [0.4, 0.5) is 0 Å². The van der Waals surface area contributed by atoms with Crippen LogP contribution in [0.1, 0.15) is 37.9 Å². The van der Waals surface area contributed by atoms with Gasteiger partial charge in [-0.15, -0.1) is 0 Å². The molecule has 0 amide bonds. The molecule has 0 aliphatic carbocycles. The summed E-state index contributed by atoms with van der Waals surface area (Å²) >= 11 is 0. The zero-order valence-electron chi connectivity index (χ0n) is 13.5. The van der Waals surface area contributed by atoms with Gasteiger partial charge in [0.05, 0.1) is 25.4 Å². The van der Waals surface area contributed by atoms with E-state index in [0.717, 1.165) is 51.3 Å². The highest BCUT2D eigenvalue weighted by Gasteiger charge is 2.35. The molecule has 2 aliphatic rings. The van der Waals surface area contributed by atoms with Crippen LogP contribution in [0, 0.1) is 0 Å². The Labute approximate surface area is 131 Å². The van der Waals surface area contributed by atoms with Crippen LogP contribution in [-0.2, 0) is 22.4 Å². The molecule has 0 atom stereocenters. The fourth-order valence-electron chi connectivity index (χ4n) is 3.20. The van der Waals surface area contributed by atoms with Gasteiger partial charge in [-0.05, 0) is 26.2 Å². The highest BCUT2D eigenvalue weighted by Crippen LogP contribution is 2.33. The second kappa shape index (κ2) is 6.89. The van der Waals surface area contributed by atoms with Crippen molar-refractivity contribution in [1.82, 2.24) is 15.0 Å². The third-order valence-electron chi connectivity index (χ3n) is 4.50. The van der Waals surface area contributed by atoms with Crippen LogP contribution in [0.3, 0.4) is 0 Å². The fourth-order valence-corrected chi connectivity index (χ4v) is 3.20. The molecule has 1 aromatic heterocycles. The Kier molecular flexibility index (Phi) is 4.90. The molecule has 122 valence electrons. The molecule has 2 aliphatic heterocycles. The van der Waals surface area contributed by atoms with Crippen LogP contribution >= 0.6 is 0 Å². The molecule has 1 fully saturated rings. The molecule has 1 aromatic rings. The average Bonchev–Trinajstić information content (AvgIpc) is 2.95. The lowest BCUT2D eigenvalue weighted by Crippen LogP contribution is -2.46. The lowest BCUT2D eigenvalue weighted by Gasteiger charge is -2.41. The summed E-state index contributed by atoms with van der Waals surface area (Å²) in [5.41, 5.74) is 1.43. The number of likely N-dealkylation sites (tertiary alicyclic amines) is 1. The molecule has 0 aromatic carbocycles. The maximum absolute atomic E-state index is 6.06. The summed E-state index contributed by atoms with van der Waals surface area (Å²) in [6.45, 7) is 6.40. The molecule has 0 saturated carbocycles. The van der Waals surface area contributed by atoms with Gasteiger partial charge < -0.3 is 14.0 Å². The first-order valence-corrected chi connectivity index (χ1v) is 8.04. The van der Waals surface area contributed by atoms with Crippen LogP contribution in [0.25, 0.3) is 0 Å². The van der Waals surface area contributed by atoms with E-state index in [0.29, 0.717) is 18.9 Å². The molecule has 0 radical (unpaired) electrons. The Balaban J connectivity index is 1.51. The minimum atomic E-state index is -0.0305. The SMILES string of the molecule is COCCc1noc(CN2CCC3(C=C(C)CCO3)CC2)n1. The van der Waals surface area contributed by atoms with Crippen molar-refractivity contribution >= 4 is 0 Å². The number of hydrogen-bond donors (Lipinski definition) is 0. The molecular formula is C16H25N3O3. The summed E-state index contributed by atoms with van der Waals surface area (Å²) in [7, 11) is 1.67. The maximum atomic E-state index is 6.06. The third-order valence-corrected chi connectivity index (χ3v) is 4.50. The first-order chi connectivity index (χ1) is 10.7. The highest BCUT2D eigenvalue weighted by atomic mass is 16.5. The molecule has 0 N–H and O–H groups in total. The number of ether oxygens (including phenoxy) is 2. The predicted octanol–water partition coefficient (Wildman–Crippen LogP) is 1.96. The Hall–Kier alpha value is -1.24. The van der Waals surface area contributed by atoms with Gasteiger partial charge in [0.1, 0.15) is 0 Å². The summed E-state index contributed by atoms with van der Waals surface area (Å²) in [6, 6.07) is 0. The smallest absolute Gasteiger partial charge is 0.240 e. The van der Waals surface area contributed by atoms with Crippen molar-refractivity contribution in [2.75, 3.05) is 33.4 Å². The van der Waals surface area contributed by atoms with Gasteiger partial charge in [-0.25, -0.2) is 0 Å². The van der Waals surface area contributed by atoms with Gasteiger partial charge in [-0.1, -0.05) is 16.8 Å². The normalized spacial score (nSPS) is 22.0. The molecular weight excluding hydrogens is 282 g/mol. The van der Waals surface area contributed by atoms with Gasteiger partial charge in [0.2, 0.25) is 5.89 Å². The van der Waals surface area contributed by atoms with Gasteiger partial charge in [-0.3, -0.25) is 4.90 Å². The number of piperidine rings is 1. The van der Waals surface area contributed by atoms with Crippen molar-refractivity contribution < 1.29 is 14.0 Å². The molecule has 1 spiro atoms. The molecule has 0 unspecified atom stereocenters. The van der Waals surface area contributed by atoms with Crippen LogP contribution in [0.5, 0.6) is 0 Å². The minimum absolute atomic E-state index is 0.0305. The average molecular weight is 307 g/mol. The second-order valence-electron chi connectivity index (χ2n) is 6.28. The van der Waals surface area contributed by atoms with E-state index < -0.39 is 0 Å². The van der Waals surface area contributed by atoms with Gasteiger partial charge in [-0.2, -0.15) is 4.98 Å². The minimum Gasteiger partial charge on any atom is -0.384 e. The Morgan fingerprint density at radius 2 is 2.18 bits per heavy atom. The lowest BCUT2D eigenvalue weighted by atomic mass is 9.87. The molecule has 6 nitrogen and oxygen atoms in total. The van der Waals surface area contributed by atoms with Gasteiger partial charge in [0.15, 0.2) is 5.82 Å². The summed E-state index contributed by atoms with van der Waals surface area (Å²) in [4.78, 5) is 6.78. The molecule has 3 rings (SSSR count). The monoisotopic (exact) mass is 307 g/mol. The number of aromatic nitrogens is 2. The third kappa shape index (κ3) is 3.74. The number of rotatable bonds is 5. The van der Waals surface area contributed by atoms with Crippen molar-refractivity contribution in [3.05, 3.63) is 23.4 Å².